The molecule has 2 unspecified atom stereocenters. The molecular formula is C18H25N3O3. The van der Waals surface area contributed by atoms with E-state index in [4.69, 9.17) is 5.11 Å². The molecule has 2 amide bonds. The molecule has 1 aromatic rings. The second kappa shape index (κ2) is 7.11. The number of fused-ring (bicyclic) bond motifs is 1. The second-order valence-electron chi connectivity index (χ2n) is 6.73. The number of rotatable bonds is 4. The Bertz CT molecular complexity index is 619. The van der Waals surface area contributed by atoms with E-state index in [1.165, 1.54) is 11.3 Å². The fraction of sp³-hybridized carbons (Fsp3) is 0.556. The van der Waals surface area contributed by atoms with Gasteiger partial charge in [0.2, 0.25) is 0 Å². The number of urea groups is 1. The van der Waals surface area contributed by atoms with Crippen molar-refractivity contribution in [3.05, 3.63) is 29.8 Å². The van der Waals surface area contributed by atoms with Crippen LogP contribution < -0.4 is 10.2 Å². The summed E-state index contributed by atoms with van der Waals surface area (Å²) in [7, 11) is 0. The van der Waals surface area contributed by atoms with Crippen molar-refractivity contribution in [2.24, 2.45) is 5.92 Å². The Morgan fingerprint density at radius 3 is 2.92 bits per heavy atom. The molecule has 0 aromatic heterocycles. The Hall–Kier alpha value is -2.24. The minimum Gasteiger partial charge on any atom is -0.481 e. The van der Waals surface area contributed by atoms with Crippen molar-refractivity contribution in [3.63, 3.8) is 0 Å². The zero-order valence-corrected chi connectivity index (χ0v) is 14.1. The molecule has 130 valence electrons. The van der Waals surface area contributed by atoms with E-state index in [1.807, 2.05) is 6.07 Å². The van der Waals surface area contributed by atoms with Crippen LogP contribution in [0.4, 0.5) is 10.5 Å². The lowest BCUT2D eigenvalue weighted by molar-refractivity contribution is -0.143. The van der Waals surface area contributed by atoms with Gasteiger partial charge in [-0.1, -0.05) is 18.2 Å². The Morgan fingerprint density at radius 2 is 2.12 bits per heavy atom. The van der Waals surface area contributed by atoms with Gasteiger partial charge in [-0.2, -0.15) is 0 Å². The van der Waals surface area contributed by atoms with E-state index >= 15 is 0 Å². The highest BCUT2D eigenvalue weighted by atomic mass is 16.4. The lowest BCUT2D eigenvalue weighted by Crippen LogP contribution is -2.48. The Kier molecular flexibility index (Phi) is 4.92. The van der Waals surface area contributed by atoms with Gasteiger partial charge in [-0.15, -0.1) is 0 Å². The van der Waals surface area contributed by atoms with Crippen LogP contribution in [0, 0.1) is 5.92 Å². The summed E-state index contributed by atoms with van der Waals surface area (Å²) >= 11 is 0. The Labute approximate surface area is 142 Å². The van der Waals surface area contributed by atoms with Gasteiger partial charge in [0.1, 0.15) is 0 Å². The highest BCUT2D eigenvalue weighted by Crippen LogP contribution is 2.31. The highest BCUT2D eigenvalue weighted by molar-refractivity contribution is 5.76. The first-order valence-electron chi connectivity index (χ1n) is 8.66. The van der Waals surface area contributed by atoms with Crippen molar-refractivity contribution in [2.45, 2.75) is 32.2 Å². The maximum absolute atomic E-state index is 12.3. The van der Waals surface area contributed by atoms with Crippen molar-refractivity contribution in [2.75, 3.05) is 31.1 Å². The molecule has 1 fully saturated rings. The maximum atomic E-state index is 12.3. The van der Waals surface area contributed by atoms with Gasteiger partial charge in [0.15, 0.2) is 0 Å². The van der Waals surface area contributed by atoms with Gasteiger partial charge in [0.25, 0.3) is 0 Å². The van der Waals surface area contributed by atoms with Gasteiger partial charge in [0.05, 0.1) is 5.92 Å². The van der Waals surface area contributed by atoms with Gasteiger partial charge >= 0.3 is 12.0 Å². The largest absolute Gasteiger partial charge is 0.481 e. The molecule has 6 heteroatoms. The Balaban J connectivity index is 1.50. The molecule has 0 aliphatic carbocycles. The molecule has 1 saturated heterocycles. The number of aliphatic carboxylic acids is 1. The Morgan fingerprint density at radius 1 is 1.33 bits per heavy atom. The minimum absolute atomic E-state index is 0.152. The number of amides is 2. The van der Waals surface area contributed by atoms with Crippen molar-refractivity contribution in [1.82, 2.24) is 10.2 Å². The predicted octanol–water partition coefficient (Wildman–Crippen LogP) is 1.94. The zero-order chi connectivity index (χ0) is 17.1. The predicted molar refractivity (Wildman–Crippen MR) is 92.3 cm³/mol. The van der Waals surface area contributed by atoms with Crippen LogP contribution in [0.25, 0.3) is 0 Å². The maximum Gasteiger partial charge on any atom is 0.317 e. The number of piperidine rings is 1. The number of para-hydroxylation sites is 1. The van der Waals surface area contributed by atoms with Crippen LogP contribution in [0.2, 0.25) is 0 Å². The summed E-state index contributed by atoms with van der Waals surface area (Å²) in [6.45, 7) is 4.47. The van der Waals surface area contributed by atoms with E-state index in [9.17, 15) is 9.59 Å². The third-order valence-electron chi connectivity index (χ3n) is 5.04. The summed E-state index contributed by atoms with van der Waals surface area (Å²) in [5.74, 6) is -1.25. The molecule has 2 aliphatic heterocycles. The SMILES string of the molecule is CC1Cc2ccccc2N1CCNC(=O)N1CCCC(C(=O)O)C1. The smallest absolute Gasteiger partial charge is 0.317 e. The summed E-state index contributed by atoms with van der Waals surface area (Å²) in [6.07, 6.45) is 2.44. The van der Waals surface area contributed by atoms with Crippen LogP contribution in [-0.4, -0.2) is 54.2 Å². The number of carbonyl (C=O) groups excluding carboxylic acids is 1. The summed E-state index contributed by atoms with van der Waals surface area (Å²) in [5.41, 5.74) is 2.61. The van der Waals surface area contributed by atoms with Crippen LogP contribution in [0.3, 0.4) is 0 Å². The van der Waals surface area contributed by atoms with Crippen LogP contribution in [0.1, 0.15) is 25.3 Å². The molecule has 6 nitrogen and oxygen atoms in total. The number of anilines is 1. The molecule has 2 heterocycles. The summed E-state index contributed by atoms with van der Waals surface area (Å²) in [5, 5.41) is 12.1. The average Bonchev–Trinajstić information content (AvgIpc) is 2.90. The minimum atomic E-state index is -0.810. The van der Waals surface area contributed by atoms with Gasteiger partial charge in [0, 0.05) is 37.9 Å². The normalized spacial score (nSPS) is 23.0. The molecular weight excluding hydrogens is 306 g/mol. The van der Waals surface area contributed by atoms with Gasteiger partial charge in [-0.25, -0.2) is 4.79 Å². The highest BCUT2D eigenvalue weighted by Gasteiger charge is 2.28. The molecule has 3 rings (SSSR count). The standard InChI is InChI=1S/C18H25N3O3/c1-13-11-14-5-2-3-7-16(14)21(13)10-8-19-18(24)20-9-4-6-15(12-20)17(22)23/h2-3,5,7,13,15H,4,6,8-12H2,1H3,(H,19,24)(H,22,23). The third-order valence-corrected chi connectivity index (χ3v) is 5.04. The van der Waals surface area contributed by atoms with Crippen molar-refractivity contribution >= 4 is 17.7 Å². The summed E-state index contributed by atoms with van der Waals surface area (Å²) < 4.78 is 0. The van der Waals surface area contributed by atoms with E-state index in [0.29, 0.717) is 32.1 Å². The second-order valence-corrected chi connectivity index (χ2v) is 6.73. The number of likely N-dealkylation sites (tertiary alicyclic amines) is 1. The first-order valence-corrected chi connectivity index (χ1v) is 8.66. The number of carboxylic acid groups (broad SMARTS) is 1. The number of carbonyl (C=O) groups is 2. The van der Waals surface area contributed by atoms with E-state index in [-0.39, 0.29) is 6.03 Å². The number of hydrogen-bond donors (Lipinski definition) is 2. The first kappa shape index (κ1) is 16.6. The van der Waals surface area contributed by atoms with Crippen molar-refractivity contribution in [3.8, 4) is 0 Å². The molecule has 2 atom stereocenters. The molecule has 2 N–H and O–H groups in total. The van der Waals surface area contributed by atoms with E-state index in [0.717, 1.165) is 19.4 Å². The fourth-order valence-corrected chi connectivity index (χ4v) is 3.73. The molecule has 0 spiro atoms. The molecule has 2 aliphatic rings. The van der Waals surface area contributed by atoms with Gasteiger partial charge in [-0.3, -0.25) is 4.79 Å². The van der Waals surface area contributed by atoms with E-state index < -0.39 is 11.9 Å². The number of carboxylic acids is 1. The monoisotopic (exact) mass is 331 g/mol. The number of nitrogens with one attached hydrogen (secondary N) is 1. The first-order chi connectivity index (χ1) is 11.6. The zero-order valence-electron chi connectivity index (χ0n) is 14.1. The van der Waals surface area contributed by atoms with Crippen LogP contribution in [0.15, 0.2) is 24.3 Å². The van der Waals surface area contributed by atoms with Crippen LogP contribution >= 0.6 is 0 Å². The third kappa shape index (κ3) is 3.47. The van der Waals surface area contributed by atoms with Gasteiger partial charge in [-0.05, 0) is 37.8 Å². The molecule has 0 saturated carbocycles. The lowest BCUT2D eigenvalue weighted by atomic mass is 9.99. The summed E-state index contributed by atoms with van der Waals surface area (Å²) in [4.78, 5) is 27.3. The van der Waals surface area contributed by atoms with E-state index in [1.54, 1.807) is 4.90 Å². The lowest BCUT2D eigenvalue weighted by Gasteiger charge is -2.31. The molecule has 0 radical (unpaired) electrons. The average molecular weight is 331 g/mol. The number of benzene rings is 1. The molecule has 1 aromatic carbocycles. The van der Waals surface area contributed by atoms with Crippen molar-refractivity contribution < 1.29 is 14.7 Å². The summed E-state index contributed by atoms with van der Waals surface area (Å²) in [6, 6.07) is 8.67. The van der Waals surface area contributed by atoms with Crippen molar-refractivity contribution in [1.29, 1.82) is 0 Å². The number of nitrogens with zero attached hydrogens (tertiary/aromatic N) is 2. The van der Waals surface area contributed by atoms with E-state index in [2.05, 4.69) is 35.3 Å². The van der Waals surface area contributed by atoms with Gasteiger partial charge < -0.3 is 20.2 Å². The number of hydrogen-bond acceptors (Lipinski definition) is 3. The van der Waals surface area contributed by atoms with Crippen LogP contribution in [0.5, 0.6) is 0 Å². The quantitative estimate of drug-likeness (QED) is 0.884. The molecule has 0 bridgehead atoms. The fourth-order valence-electron chi connectivity index (χ4n) is 3.73. The molecule has 24 heavy (non-hydrogen) atoms. The topological polar surface area (TPSA) is 72.9 Å². The van der Waals surface area contributed by atoms with Crippen LogP contribution in [-0.2, 0) is 11.2 Å².